The summed E-state index contributed by atoms with van der Waals surface area (Å²) in [5.41, 5.74) is 0.950. The van der Waals surface area contributed by atoms with Crippen LogP contribution in [0, 0.1) is 5.92 Å². The summed E-state index contributed by atoms with van der Waals surface area (Å²) in [4.78, 5) is 16.2. The summed E-state index contributed by atoms with van der Waals surface area (Å²) in [5, 5.41) is 0. The van der Waals surface area contributed by atoms with Crippen molar-refractivity contribution in [2.45, 2.75) is 17.2 Å². The van der Waals surface area contributed by atoms with Gasteiger partial charge in [0.05, 0.1) is 12.0 Å². The molecule has 1 aromatic heterocycles. The monoisotopic (exact) mass is 332 g/mol. The first kappa shape index (κ1) is 15.5. The number of ether oxygens (including phenoxy) is 1. The number of hydrogen-bond acceptors (Lipinski definition) is 5. The zero-order valence-corrected chi connectivity index (χ0v) is 13.3. The molecule has 0 unspecified atom stereocenters. The molecule has 1 aromatic carbocycles. The number of sulfonamides is 1. The Hall–Kier alpha value is -2.41. The normalized spacial score (nSPS) is 19.9. The molecule has 0 saturated heterocycles. The van der Waals surface area contributed by atoms with E-state index in [2.05, 4.69) is 9.71 Å². The van der Waals surface area contributed by atoms with E-state index in [1.807, 2.05) is 6.07 Å². The summed E-state index contributed by atoms with van der Waals surface area (Å²) in [6, 6.07) is 9.69. The SMILES string of the molecule is COc1cccc(S(=O)(=O)NC(=O)[C@H]2C[C@@H]2c2cccnc2)c1. The quantitative estimate of drug-likeness (QED) is 0.901. The Kier molecular flexibility index (Phi) is 4.04. The molecular weight excluding hydrogens is 316 g/mol. The van der Waals surface area contributed by atoms with E-state index in [4.69, 9.17) is 4.74 Å². The van der Waals surface area contributed by atoms with Gasteiger partial charge in [0.1, 0.15) is 5.75 Å². The number of amides is 1. The predicted octanol–water partition coefficient (Wildman–Crippen LogP) is 1.70. The summed E-state index contributed by atoms with van der Waals surface area (Å²) in [6.45, 7) is 0. The summed E-state index contributed by atoms with van der Waals surface area (Å²) >= 11 is 0. The van der Waals surface area contributed by atoms with Crippen molar-refractivity contribution in [2.24, 2.45) is 5.92 Å². The van der Waals surface area contributed by atoms with Gasteiger partial charge in [0.25, 0.3) is 10.0 Å². The largest absolute Gasteiger partial charge is 0.497 e. The molecule has 3 rings (SSSR count). The Morgan fingerprint density at radius 3 is 2.83 bits per heavy atom. The Morgan fingerprint density at radius 2 is 2.13 bits per heavy atom. The van der Waals surface area contributed by atoms with Crippen molar-refractivity contribution in [1.29, 1.82) is 0 Å². The lowest BCUT2D eigenvalue weighted by Gasteiger charge is -2.08. The van der Waals surface area contributed by atoms with Crippen molar-refractivity contribution in [3.63, 3.8) is 0 Å². The molecule has 1 aliphatic carbocycles. The van der Waals surface area contributed by atoms with Crippen LogP contribution in [-0.2, 0) is 14.8 Å². The van der Waals surface area contributed by atoms with Gasteiger partial charge in [-0.3, -0.25) is 9.78 Å². The van der Waals surface area contributed by atoms with Crippen molar-refractivity contribution < 1.29 is 17.9 Å². The molecule has 0 spiro atoms. The van der Waals surface area contributed by atoms with Crippen molar-refractivity contribution >= 4 is 15.9 Å². The van der Waals surface area contributed by atoms with E-state index < -0.39 is 15.9 Å². The minimum absolute atomic E-state index is 0.00350. The lowest BCUT2D eigenvalue weighted by Crippen LogP contribution is -2.32. The fourth-order valence-electron chi connectivity index (χ4n) is 2.48. The van der Waals surface area contributed by atoms with Crippen molar-refractivity contribution in [3.8, 4) is 5.75 Å². The molecule has 0 radical (unpaired) electrons. The second-order valence-electron chi connectivity index (χ2n) is 5.38. The Morgan fingerprint density at radius 1 is 1.30 bits per heavy atom. The van der Waals surface area contributed by atoms with Gasteiger partial charge in [-0.05, 0) is 36.1 Å². The van der Waals surface area contributed by atoms with E-state index in [0.717, 1.165) is 5.56 Å². The molecule has 6 nitrogen and oxygen atoms in total. The molecule has 0 aliphatic heterocycles. The summed E-state index contributed by atoms with van der Waals surface area (Å²) in [6.07, 6.45) is 3.99. The number of pyridine rings is 1. The Balaban J connectivity index is 1.70. The van der Waals surface area contributed by atoms with Crippen molar-refractivity contribution in [2.75, 3.05) is 7.11 Å². The van der Waals surface area contributed by atoms with Crippen LogP contribution in [0.3, 0.4) is 0 Å². The van der Waals surface area contributed by atoms with Crippen LogP contribution in [0.5, 0.6) is 5.75 Å². The Bertz CT molecular complexity index is 821. The van der Waals surface area contributed by atoms with Crippen LogP contribution >= 0.6 is 0 Å². The van der Waals surface area contributed by atoms with Crippen LogP contribution in [0.1, 0.15) is 17.9 Å². The van der Waals surface area contributed by atoms with E-state index in [0.29, 0.717) is 12.2 Å². The third kappa shape index (κ3) is 3.34. The van der Waals surface area contributed by atoms with Gasteiger partial charge in [-0.15, -0.1) is 0 Å². The van der Waals surface area contributed by atoms with Crippen molar-refractivity contribution in [3.05, 3.63) is 54.4 Å². The average Bonchev–Trinajstić information content (AvgIpc) is 3.36. The molecule has 23 heavy (non-hydrogen) atoms. The number of carbonyl (C=O) groups is 1. The molecule has 1 N–H and O–H groups in total. The summed E-state index contributed by atoms with van der Waals surface area (Å²) in [5.74, 6) is -0.370. The molecule has 120 valence electrons. The third-order valence-corrected chi connectivity index (χ3v) is 5.17. The maximum absolute atomic E-state index is 12.3. The first-order chi connectivity index (χ1) is 11.0. The van der Waals surface area contributed by atoms with Gasteiger partial charge < -0.3 is 4.74 Å². The van der Waals surface area contributed by atoms with Gasteiger partial charge in [-0.25, -0.2) is 13.1 Å². The van der Waals surface area contributed by atoms with Crippen LogP contribution in [0.4, 0.5) is 0 Å². The smallest absolute Gasteiger partial charge is 0.264 e. The highest BCUT2D eigenvalue weighted by atomic mass is 32.2. The molecule has 7 heteroatoms. The first-order valence-electron chi connectivity index (χ1n) is 7.12. The standard InChI is InChI=1S/C16H16N2O4S/c1-22-12-5-2-6-13(8-12)23(20,21)18-16(19)15-9-14(15)11-4-3-7-17-10-11/h2-8,10,14-15H,9H2,1H3,(H,18,19)/t14-,15+/m1/s1. The molecule has 2 atom stereocenters. The topological polar surface area (TPSA) is 85.4 Å². The van der Waals surface area contributed by atoms with E-state index >= 15 is 0 Å². The van der Waals surface area contributed by atoms with Crippen LogP contribution in [0.25, 0.3) is 0 Å². The van der Waals surface area contributed by atoms with E-state index in [1.165, 1.54) is 19.2 Å². The molecular formula is C16H16N2O4S. The zero-order valence-electron chi connectivity index (χ0n) is 12.5. The summed E-state index contributed by atoms with van der Waals surface area (Å²) in [7, 11) is -2.45. The highest BCUT2D eigenvalue weighted by Gasteiger charge is 2.45. The molecule has 1 aliphatic rings. The molecule has 1 heterocycles. The average molecular weight is 332 g/mol. The number of nitrogens with one attached hydrogen (secondary N) is 1. The van der Waals surface area contributed by atoms with Crippen molar-refractivity contribution in [1.82, 2.24) is 9.71 Å². The van der Waals surface area contributed by atoms with Crippen LogP contribution in [0.2, 0.25) is 0 Å². The van der Waals surface area contributed by atoms with Crippen LogP contribution in [-0.4, -0.2) is 26.4 Å². The summed E-state index contributed by atoms with van der Waals surface area (Å²) < 4.78 is 31.7. The minimum atomic E-state index is -3.90. The number of benzene rings is 1. The van der Waals surface area contributed by atoms with Gasteiger partial charge in [0.2, 0.25) is 5.91 Å². The molecule has 2 aromatic rings. The van der Waals surface area contributed by atoms with Crippen LogP contribution < -0.4 is 9.46 Å². The lowest BCUT2D eigenvalue weighted by molar-refractivity contribution is -0.120. The first-order valence-corrected chi connectivity index (χ1v) is 8.60. The minimum Gasteiger partial charge on any atom is -0.497 e. The molecule has 1 saturated carbocycles. The van der Waals surface area contributed by atoms with Gasteiger partial charge in [-0.1, -0.05) is 12.1 Å². The number of aromatic nitrogens is 1. The molecule has 0 bridgehead atoms. The van der Waals surface area contributed by atoms with Crippen LogP contribution in [0.15, 0.2) is 53.7 Å². The van der Waals surface area contributed by atoms with E-state index in [9.17, 15) is 13.2 Å². The zero-order chi connectivity index (χ0) is 16.4. The maximum atomic E-state index is 12.3. The maximum Gasteiger partial charge on any atom is 0.264 e. The van der Waals surface area contributed by atoms with Gasteiger partial charge in [0.15, 0.2) is 0 Å². The lowest BCUT2D eigenvalue weighted by atomic mass is 10.1. The van der Waals surface area contributed by atoms with Gasteiger partial charge >= 0.3 is 0 Å². The predicted molar refractivity (Wildman–Crippen MR) is 83.4 cm³/mol. The highest BCUT2D eigenvalue weighted by Crippen LogP contribution is 2.47. The molecule has 1 fully saturated rings. The highest BCUT2D eigenvalue weighted by molar-refractivity contribution is 7.90. The fraction of sp³-hybridized carbons (Fsp3) is 0.250. The number of nitrogens with zero attached hydrogens (tertiary/aromatic N) is 1. The second kappa shape index (κ2) is 6.00. The third-order valence-electron chi connectivity index (χ3n) is 3.83. The molecule has 1 amide bonds. The van der Waals surface area contributed by atoms with Gasteiger partial charge in [-0.2, -0.15) is 0 Å². The Labute approximate surface area is 134 Å². The second-order valence-corrected chi connectivity index (χ2v) is 7.07. The van der Waals surface area contributed by atoms with Gasteiger partial charge in [0, 0.05) is 24.4 Å². The fourth-order valence-corrected chi connectivity index (χ4v) is 3.55. The number of rotatable bonds is 5. The number of hydrogen-bond donors (Lipinski definition) is 1. The van der Waals surface area contributed by atoms with E-state index in [-0.39, 0.29) is 16.7 Å². The number of methoxy groups -OCH3 is 1. The van der Waals surface area contributed by atoms with E-state index in [1.54, 1.807) is 30.6 Å². The number of carbonyl (C=O) groups excluding carboxylic acids is 1.